The molecule has 1 unspecified atom stereocenters. The smallest absolute Gasteiger partial charge is 0.267 e. The van der Waals surface area contributed by atoms with Crippen LogP contribution in [0.1, 0.15) is 31.7 Å². The third kappa shape index (κ3) is 3.01. The largest absolute Gasteiger partial charge is 0.369 e. The van der Waals surface area contributed by atoms with Gasteiger partial charge < -0.3 is 9.80 Å². The third-order valence-corrected chi connectivity index (χ3v) is 5.11. The van der Waals surface area contributed by atoms with Gasteiger partial charge in [0.15, 0.2) is 0 Å². The van der Waals surface area contributed by atoms with E-state index in [-0.39, 0.29) is 11.4 Å². The molecule has 3 rings (SSSR count). The Morgan fingerprint density at radius 2 is 2.04 bits per heavy atom. The predicted molar refractivity (Wildman–Crippen MR) is 91.6 cm³/mol. The van der Waals surface area contributed by atoms with Crippen LogP contribution < -0.4 is 10.4 Å². The van der Waals surface area contributed by atoms with Crippen molar-refractivity contribution < 1.29 is 14.8 Å². The first-order chi connectivity index (χ1) is 11.6. The number of likely N-dealkylation sites (tertiary alicyclic amines) is 1. The molecule has 0 saturated carbocycles. The maximum absolute atomic E-state index is 12.0. The van der Waals surface area contributed by atoms with Gasteiger partial charge in [0.25, 0.3) is 5.91 Å². The summed E-state index contributed by atoms with van der Waals surface area (Å²) in [7, 11) is 0. The highest BCUT2D eigenvalue weighted by molar-refractivity contribution is 5.92. The summed E-state index contributed by atoms with van der Waals surface area (Å²) < 4.78 is 0. The number of hydrogen-bond acceptors (Lipinski definition) is 4. The molecule has 24 heavy (non-hydrogen) atoms. The van der Waals surface area contributed by atoms with E-state index < -0.39 is 5.91 Å². The van der Waals surface area contributed by atoms with Crippen LogP contribution in [0.2, 0.25) is 0 Å². The van der Waals surface area contributed by atoms with Crippen LogP contribution >= 0.6 is 0 Å². The van der Waals surface area contributed by atoms with Crippen LogP contribution in [-0.4, -0.2) is 47.1 Å². The molecule has 128 valence electrons. The third-order valence-electron chi connectivity index (χ3n) is 5.11. The Bertz CT molecular complexity index is 673. The van der Waals surface area contributed by atoms with Gasteiger partial charge in [0.2, 0.25) is 5.91 Å². The van der Waals surface area contributed by atoms with Gasteiger partial charge >= 0.3 is 0 Å². The number of para-hydroxylation sites is 1. The number of carbonyl (C=O) groups is 2. The second kappa shape index (κ2) is 6.65. The number of nitrogens with one attached hydrogen (secondary N) is 1. The van der Waals surface area contributed by atoms with Crippen LogP contribution in [0.15, 0.2) is 30.3 Å². The minimum Gasteiger partial charge on any atom is -0.369 e. The van der Waals surface area contributed by atoms with Gasteiger partial charge in [0, 0.05) is 38.3 Å². The van der Waals surface area contributed by atoms with Crippen molar-refractivity contribution in [2.24, 2.45) is 0 Å². The molecule has 0 bridgehead atoms. The van der Waals surface area contributed by atoms with E-state index in [0.717, 1.165) is 50.1 Å². The summed E-state index contributed by atoms with van der Waals surface area (Å²) in [5.74, 6) is -0.400. The van der Waals surface area contributed by atoms with Crippen molar-refractivity contribution in [3.8, 4) is 0 Å². The summed E-state index contributed by atoms with van der Waals surface area (Å²) in [6.45, 7) is 4.21. The number of hydrogen-bond donors (Lipinski definition) is 2. The molecule has 2 heterocycles. The van der Waals surface area contributed by atoms with Crippen LogP contribution in [0.25, 0.3) is 6.08 Å². The zero-order valence-electron chi connectivity index (χ0n) is 13.9. The van der Waals surface area contributed by atoms with Gasteiger partial charge in [0.05, 0.1) is 5.54 Å². The molecule has 2 N–H and O–H groups in total. The predicted octanol–water partition coefficient (Wildman–Crippen LogP) is 1.80. The summed E-state index contributed by atoms with van der Waals surface area (Å²) >= 11 is 0. The zero-order valence-corrected chi connectivity index (χ0v) is 13.9. The topological polar surface area (TPSA) is 72.9 Å². The van der Waals surface area contributed by atoms with Gasteiger partial charge in [-0.05, 0) is 37.0 Å². The lowest BCUT2D eigenvalue weighted by atomic mass is 9.95. The number of rotatable bonds is 3. The molecule has 2 amide bonds. The molecule has 1 atom stereocenters. The summed E-state index contributed by atoms with van der Waals surface area (Å²) in [6, 6.07) is 7.87. The number of carbonyl (C=O) groups excluding carboxylic acids is 2. The average Bonchev–Trinajstić information content (AvgIpc) is 3.20. The highest BCUT2D eigenvalue weighted by Crippen LogP contribution is 2.40. The van der Waals surface area contributed by atoms with E-state index in [1.807, 2.05) is 29.2 Å². The minimum atomic E-state index is -0.554. The van der Waals surface area contributed by atoms with Gasteiger partial charge in [-0.2, -0.15) is 0 Å². The van der Waals surface area contributed by atoms with Gasteiger partial charge in [-0.3, -0.25) is 14.8 Å². The van der Waals surface area contributed by atoms with Crippen LogP contribution in [0.5, 0.6) is 0 Å². The molecule has 0 radical (unpaired) electrons. The van der Waals surface area contributed by atoms with Gasteiger partial charge in [0.1, 0.15) is 0 Å². The Labute approximate surface area is 141 Å². The Morgan fingerprint density at radius 1 is 1.25 bits per heavy atom. The SMILES string of the molecule is CC(=O)N1CCCC12CCN(c1ccccc1C=CC(=O)NO)C2. The second-order valence-corrected chi connectivity index (χ2v) is 6.54. The molecule has 2 aliphatic heterocycles. The standard InChI is InChI=1S/C18H23N3O3/c1-14(22)21-11-4-9-18(21)10-12-20(13-18)16-6-3-2-5-15(16)7-8-17(23)19-24/h2-3,5-8,24H,4,9-13H2,1H3,(H,19,23). The second-order valence-electron chi connectivity index (χ2n) is 6.54. The number of amides is 2. The van der Waals surface area contributed by atoms with Crippen molar-refractivity contribution in [3.63, 3.8) is 0 Å². The highest BCUT2D eigenvalue weighted by Gasteiger charge is 2.47. The zero-order chi connectivity index (χ0) is 17.2. The van der Waals surface area contributed by atoms with E-state index in [4.69, 9.17) is 5.21 Å². The summed E-state index contributed by atoms with van der Waals surface area (Å²) in [6.07, 6.45) is 6.09. The molecule has 0 aliphatic carbocycles. The van der Waals surface area contributed by atoms with Crippen LogP contribution in [0.3, 0.4) is 0 Å². The summed E-state index contributed by atoms with van der Waals surface area (Å²) in [4.78, 5) is 27.5. The highest BCUT2D eigenvalue weighted by atomic mass is 16.5. The van der Waals surface area contributed by atoms with Crippen molar-refractivity contribution >= 4 is 23.6 Å². The van der Waals surface area contributed by atoms with E-state index in [0.29, 0.717) is 0 Å². The molecular weight excluding hydrogens is 306 g/mol. The minimum absolute atomic E-state index is 0.0505. The lowest BCUT2D eigenvalue weighted by molar-refractivity contribution is -0.132. The van der Waals surface area contributed by atoms with Gasteiger partial charge in [-0.15, -0.1) is 0 Å². The molecule has 1 spiro atoms. The Balaban J connectivity index is 1.83. The fourth-order valence-electron chi connectivity index (χ4n) is 4.04. The van der Waals surface area contributed by atoms with Crippen molar-refractivity contribution in [3.05, 3.63) is 35.9 Å². The molecule has 2 saturated heterocycles. The quantitative estimate of drug-likeness (QED) is 0.504. The molecule has 6 nitrogen and oxygen atoms in total. The van der Waals surface area contributed by atoms with E-state index in [1.54, 1.807) is 18.5 Å². The lowest BCUT2D eigenvalue weighted by Crippen LogP contribution is -2.48. The number of anilines is 1. The average molecular weight is 329 g/mol. The maximum Gasteiger partial charge on any atom is 0.267 e. The molecule has 2 aliphatic rings. The molecule has 1 aromatic carbocycles. The molecular formula is C18H23N3O3. The first-order valence-electron chi connectivity index (χ1n) is 8.30. The van der Waals surface area contributed by atoms with Crippen molar-refractivity contribution in [1.29, 1.82) is 0 Å². The maximum atomic E-state index is 12.0. The Morgan fingerprint density at radius 3 is 2.79 bits per heavy atom. The van der Waals surface area contributed by atoms with Gasteiger partial charge in [-0.25, -0.2) is 5.48 Å². The molecule has 1 aromatic rings. The van der Waals surface area contributed by atoms with Crippen molar-refractivity contribution in [2.45, 2.75) is 31.7 Å². The van der Waals surface area contributed by atoms with Crippen LogP contribution in [-0.2, 0) is 9.59 Å². The first-order valence-corrected chi connectivity index (χ1v) is 8.30. The van der Waals surface area contributed by atoms with Crippen LogP contribution in [0, 0.1) is 0 Å². The first kappa shape index (κ1) is 16.5. The fraction of sp³-hybridized carbons (Fsp3) is 0.444. The van der Waals surface area contributed by atoms with E-state index >= 15 is 0 Å². The summed E-state index contributed by atoms with van der Waals surface area (Å²) in [5, 5.41) is 8.62. The van der Waals surface area contributed by atoms with E-state index in [2.05, 4.69) is 4.90 Å². The molecule has 2 fully saturated rings. The number of nitrogens with zero attached hydrogens (tertiary/aromatic N) is 2. The summed E-state index contributed by atoms with van der Waals surface area (Å²) in [5.41, 5.74) is 3.52. The molecule has 6 heteroatoms. The van der Waals surface area contributed by atoms with E-state index in [9.17, 15) is 9.59 Å². The van der Waals surface area contributed by atoms with Crippen molar-refractivity contribution in [2.75, 3.05) is 24.5 Å². The van der Waals surface area contributed by atoms with E-state index in [1.165, 1.54) is 6.08 Å². The Hall–Kier alpha value is -2.34. The molecule has 0 aromatic heterocycles. The monoisotopic (exact) mass is 329 g/mol. The normalized spacial score (nSPS) is 23.4. The van der Waals surface area contributed by atoms with Crippen LogP contribution in [0.4, 0.5) is 5.69 Å². The van der Waals surface area contributed by atoms with Gasteiger partial charge in [-0.1, -0.05) is 18.2 Å². The lowest BCUT2D eigenvalue weighted by Gasteiger charge is -2.35. The number of benzene rings is 1. The Kier molecular flexibility index (Phi) is 4.57. The fourth-order valence-corrected chi connectivity index (χ4v) is 4.04. The van der Waals surface area contributed by atoms with Crippen molar-refractivity contribution in [1.82, 2.24) is 10.4 Å². The number of hydroxylamine groups is 1.